The van der Waals surface area contributed by atoms with Crippen LogP contribution in [0.4, 0.5) is 4.79 Å². The van der Waals surface area contributed by atoms with Crippen LogP contribution >= 0.6 is 0 Å². The van der Waals surface area contributed by atoms with Gasteiger partial charge in [-0.25, -0.2) is 4.79 Å². The fraction of sp³-hybridized carbons (Fsp3) is 0.436. The first-order valence-corrected chi connectivity index (χ1v) is 17.4. The van der Waals surface area contributed by atoms with Crippen LogP contribution in [0.3, 0.4) is 0 Å². The first-order chi connectivity index (χ1) is 23.6. The monoisotopic (exact) mass is 667 g/mol. The highest BCUT2D eigenvalue weighted by Gasteiger charge is 2.37. The van der Waals surface area contributed by atoms with Crippen molar-refractivity contribution < 1.29 is 23.9 Å². The Morgan fingerprint density at radius 2 is 1.47 bits per heavy atom. The van der Waals surface area contributed by atoms with Gasteiger partial charge in [0.1, 0.15) is 11.6 Å². The van der Waals surface area contributed by atoms with Crippen molar-refractivity contribution in [3.05, 3.63) is 107 Å². The van der Waals surface area contributed by atoms with E-state index in [0.29, 0.717) is 62.2 Å². The zero-order valence-electron chi connectivity index (χ0n) is 28.8. The van der Waals surface area contributed by atoms with Crippen LogP contribution in [0, 0.1) is 0 Å². The summed E-state index contributed by atoms with van der Waals surface area (Å²) in [5.41, 5.74) is 2.43. The number of benzene rings is 3. The Kier molecular flexibility index (Phi) is 12.1. The summed E-state index contributed by atoms with van der Waals surface area (Å²) in [4.78, 5) is 55.9. The van der Waals surface area contributed by atoms with Gasteiger partial charge in [0.05, 0.1) is 0 Å². The maximum absolute atomic E-state index is 13.5. The summed E-state index contributed by atoms with van der Waals surface area (Å²) in [5, 5.41) is 9.55. The minimum atomic E-state index is -0.727. The van der Waals surface area contributed by atoms with Crippen molar-refractivity contribution >= 4 is 23.8 Å². The van der Waals surface area contributed by atoms with Crippen molar-refractivity contribution in [2.45, 2.75) is 76.6 Å². The van der Waals surface area contributed by atoms with Crippen molar-refractivity contribution in [1.82, 2.24) is 25.8 Å². The molecule has 10 heteroatoms. The van der Waals surface area contributed by atoms with E-state index >= 15 is 0 Å². The fourth-order valence-corrected chi connectivity index (χ4v) is 6.06. The molecular weight excluding hydrogens is 618 g/mol. The van der Waals surface area contributed by atoms with Crippen LogP contribution in [0.15, 0.2) is 84.9 Å². The molecule has 2 unspecified atom stereocenters. The number of carbonyl (C=O) groups is 4. The second kappa shape index (κ2) is 16.6. The highest BCUT2D eigenvalue weighted by Crippen LogP contribution is 2.40. The topological polar surface area (TPSA) is 120 Å². The van der Waals surface area contributed by atoms with E-state index in [1.165, 1.54) is 5.56 Å². The van der Waals surface area contributed by atoms with Crippen LogP contribution in [0.25, 0.3) is 0 Å². The molecule has 4 amide bonds. The van der Waals surface area contributed by atoms with E-state index in [1.54, 1.807) is 34.1 Å². The number of nitrogens with one attached hydrogen (secondary N) is 3. The number of nitrogens with zero attached hydrogens (tertiary/aromatic N) is 2. The van der Waals surface area contributed by atoms with Gasteiger partial charge in [0.2, 0.25) is 5.91 Å². The number of unbranched alkanes of at least 4 members (excludes halogenated alkanes) is 1. The van der Waals surface area contributed by atoms with Gasteiger partial charge in [-0.3, -0.25) is 14.4 Å². The van der Waals surface area contributed by atoms with E-state index in [2.05, 4.69) is 40.2 Å². The number of piperazine rings is 1. The van der Waals surface area contributed by atoms with Crippen LogP contribution in [-0.4, -0.2) is 84.0 Å². The van der Waals surface area contributed by atoms with Crippen LogP contribution in [0.5, 0.6) is 0 Å². The minimum absolute atomic E-state index is 0.215. The maximum atomic E-state index is 13.5. The van der Waals surface area contributed by atoms with E-state index in [1.807, 2.05) is 57.2 Å². The molecule has 49 heavy (non-hydrogen) atoms. The van der Waals surface area contributed by atoms with Crippen molar-refractivity contribution in [3.63, 3.8) is 0 Å². The lowest BCUT2D eigenvalue weighted by molar-refractivity contribution is -0.123. The van der Waals surface area contributed by atoms with E-state index < -0.39 is 23.6 Å². The molecule has 0 aromatic heterocycles. The van der Waals surface area contributed by atoms with Gasteiger partial charge in [0.15, 0.2) is 0 Å². The highest BCUT2D eigenvalue weighted by atomic mass is 16.6. The lowest BCUT2D eigenvalue weighted by atomic mass is 10.1. The number of amides is 4. The SMILES string of the molecule is CC(C)(C)OC(=O)N1CCN(C(=O)c2cccc(C(=O)N[C@@H](CCCCNC3CC3c3ccccc3)C(=O)NCc3ccccc3)c2)CC1. The maximum Gasteiger partial charge on any atom is 0.410 e. The van der Waals surface area contributed by atoms with Gasteiger partial charge in [0, 0.05) is 55.8 Å². The molecule has 0 radical (unpaired) electrons. The summed E-state index contributed by atoms with van der Waals surface area (Å²) >= 11 is 0. The molecule has 3 aromatic rings. The third-order valence-corrected chi connectivity index (χ3v) is 8.87. The smallest absolute Gasteiger partial charge is 0.410 e. The van der Waals surface area contributed by atoms with Gasteiger partial charge >= 0.3 is 6.09 Å². The Bertz CT molecular complexity index is 1570. The molecule has 0 bridgehead atoms. The van der Waals surface area contributed by atoms with Gasteiger partial charge < -0.3 is 30.5 Å². The largest absolute Gasteiger partial charge is 0.444 e. The Labute approximate surface area is 289 Å². The van der Waals surface area contributed by atoms with Gasteiger partial charge in [-0.15, -0.1) is 0 Å². The number of carbonyl (C=O) groups excluding carboxylic acids is 4. The van der Waals surface area contributed by atoms with E-state index in [4.69, 9.17) is 4.74 Å². The standard InChI is InChI=1S/C39H49N5O5/c1-39(2,3)49-38(48)44-23-21-43(22-24-44)37(47)31-18-12-17-30(25-31)35(45)42-33(36(46)41-27-28-13-6-4-7-14-28)19-10-11-20-40-34-26-32(34)29-15-8-5-9-16-29/h4-9,12-18,25,32-34,40H,10-11,19-24,26-27H2,1-3H3,(H,41,46)(H,42,45)/t32?,33-,34?/m0/s1. The molecule has 2 aliphatic rings. The molecular formula is C39H49N5O5. The highest BCUT2D eigenvalue weighted by molar-refractivity contribution is 6.01. The fourth-order valence-electron chi connectivity index (χ4n) is 6.06. The number of ether oxygens (including phenoxy) is 1. The molecule has 3 atom stereocenters. The molecule has 10 nitrogen and oxygen atoms in total. The molecule has 1 heterocycles. The van der Waals surface area contributed by atoms with Gasteiger partial charge in [0.25, 0.3) is 11.8 Å². The third kappa shape index (κ3) is 10.6. The molecule has 2 fully saturated rings. The molecule has 1 saturated heterocycles. The predicted octanol–water partition coefficient (Wildman–Crippen LogP) is 5.11. The normalized spacial score (nSPS) is 17.9. The lowest BCUT2D eigenvalue weighted by Crippen LogP contribution is -2.51. The van der Waals surface area contributed by atoms with Crippen molar-refractivity contribution in [1.29, 1.82) is 0 Å². The number of rotatable bonds is 13. The molecule has 5 rings (SSSR count). The average Bonchev–Trinajstić information content (AvgIpc) is 3.89. The summed E-state index contributed by atoms with van der Waals surface area (Å²) in [5.74, 6) is -0.313. The van der Waals surface area contributed by atoms with Gasteiger partial charge in [-0.1, -0.05) is 66.7 Å². The molecule has 1 aliphatic carbocycles. The van der Waals surface area contributed by atoms with Crippen LogP contribution in [0.2, 0.25) is 0 Å². The average molecular weight is 668 g/mol. The Hall–Kier alpha value is -4.70. The molecule has 260 valence electrons. The quantitative estimate of drug-likeness (QED) is 0.218. The van der Waals surface area contributed by atoms with Gasteiger partial charge in [-0.2, -0.15) is 0 Å². The second-order valence-corrected chi connectivity index (χ2v) is 13.9. The zero-order valence-corrected chi connectivity index (χ0v) is 28.8. The van der Waals surface area contributed by atoms with Crippen LogP contribution < -0.4 is 16.0 Å². The first-order valence-electron chi connectivity index (χ1n) is 17.4. The Morgan fingerprint density at radius 3 is 2.16 bits per heavy atom. The zero-order chi connectivity index (χ0) is 34.8. The minimum Gasteiger partial charge on any atom is -0.444 e. The van der Waals surface area contributed by atoms with Gasteiger partial charge in [-0.05, 0) is 82.3 Å². The van der Waals surface area contributed by atoms with E-state index in [0.717, 1.165) is 31.4 Å². The summed E-state index contributed by atoms with van der Waals surface area (Å²) in [6.45, 7) is 8.12. The third-order valence-electron chi connectivity index (χ3n) is 8.87. The summed E-state index contributed by atoms with van der Waals surface area (Å²) in [7, 11) is 0. The summed E-state index contributed by atoms with van der Waals surface area (Å²) < 4.78 is 5.46. The van der Waals surface area contributed by atoms with E-state index in [-0.39, 0.29) is 11.8 Å². The first kappa shape index (κ1) is 35.6. The Balaban J connectivity index is 1.14. The lowest BCUT2D eigenvalue weighted by Gasteiger charge is -2.35. The molecule has 1 aliphatic heterocycles. The molecule has 3 N–H and O–H groups in total. The number of hydrogen-bond acceptors (Lipinski definition) is 6. The number of hydrogen-bond donors (Lipinski definition) is 3. The second-order valence-electron chi connectivity index (χ2n) is 13.9. The summed E-state index contributed by atoms with van der Waals surface area (Å²) in [6.07, 6.45) is 2.86. The van der Waals surface area contributed by atoms with Crippen LogP contribution in [-0.2, 0) is 16.1 Å². The van der Waals surface area contributed by atoms with Crippen molar-refractivity contribution in [3.8, 4) is 0 Å². The molecule has 1 saturated carbocycles. The summed E-state index contributed by atoms with van der Waals surface area (Å²) in [6, 6.07) is 26.5. The van der Waals surface area contributed by atoms with Crippen LogP contribution in [0.1, 0.15) is 84.2 Å². The van der Waals surface area contributed by atoms with E-state index in [9.17, 15) is 19.2 Å². The predicted molar refractivity (Wildman–Crippen MR) is 189 cm³/mol. The molecule has 3 aromatic carbocycles. The van der Waals surface area contributed by atoms with Crippen molar-refractivity contribution in [2.75, 3.05) is 32.7 Å². The molecule has 0 spiro atoms. The van der Waals surface area contributed by atoms with Crippen molar-refractivity contribution in [2.24, 2.45) is 0 Å². The Morgan fingerprint density at radius 1 is 0.816 bits per heavy atom.